The van der Waals surface area contributed by atoms with Crippen LogP contribution in [0.2, 0.25) is 0 Å². The van der Waals surface area contributed by atoms with E-state index in [4.69, 9.17) is 5.73 Å². The fourth-order valence-corrected chi connectivity index (χ4v) is 2.86. The Balaban J connectivity index is 2.92. The number of hydrogen-bond donors (Lipinski definition) is 1. The van der Waals surface area contributed by atoms with Crippen molar-refractivity contribution >= 4 is 26.3 Å². The molecule has 78 valence electrons. The third kappa shape index (κ3) is 2.78. The van der Waals surface area contributed by atoms with Gasteiger partial charge in [-0.05, 0) is 13.8 Å². The molecule has 0 aromatic carbocycles. The fourth-order valence-electron chi connectivity index (χ4n) is 0.694. The molecule has 0 aliphatic carbocycles. The molecule has 7 heteroatoms. The summed E-state index contributed by atoms with van der Waals surface area (Å²) in [6.07, 6.45) is 1.63. The Kier molecular flexibility index (Phi) is 3.22. The first-order chi connectivity index (χ1) is 6.42. The first-order valence-electron chi connectivity index (χ1n) is 3.87. The molecule has 0 unspecified atom stereocenters. The number of allylic oxidation sites excluding steroid dienone is 1. The summed E-state index contributed by atoms with van der Waals surface area (Å²) in [6, 6.07) is 0. The lowest BCUT2D eigenvalue weighted by Crippen LogP contribution is -2.04. The van der Waals surface area contributed by atoms with Crippen molar-refractivity contribution in [1.82, 2.24) is 10.2 Å². The number of hydrogen-bond acceptors (Lipinski definition) is 6. The zero-order valence-corrected chi connectivity index (χ0v) is 9.52. The average Bonchev–Trinajstić information content (AvgIpc) is 2.49. The van der Waals surface area contributed by atoms with Gasteiger partial charge in [-0.1, -0.05) is 23.0 Å². The second kappa shape index (κ2) is 4.05. The van der Waals surface area contributed by atoms with Crippen LogP contribution in [0, 0.1) is 0 Å². The number of anilines is 1. The summed E-state index contributed by atoms with van der Waals surface area (Å²) < 4.78 is 23.1. The van der Waals surface area contributed by atoms with Crippen molar-refractivity contribution in [3.63, 3.8) is 0 Å². The number of aromatic nitrogens is 2. The SMILES string of the molecule is CC(C)=CCS(=O)(=O)c1nnc(N)s1. The second-order valence-corrected chi connectivity index (χ2v) is 6.19. The molecule has 0 saturated carbocycles. The highest BCUT2D eigenvalue weighted by Gasteiger charge is 2.17. The van der Waals surface area contributed by atoms with Crippen molar-refractivity contribution in [1.29, 1.82) is 0 Å². The molecule has 0 fully saturated rings. The lowest BCUT2D eigenvalue weighted by molar-refractivity contribution is 0.597. The van der Waals surface area contributed by atoms with Crippen molar-refractivity contribution in [2.24, 2.45) is 0 Å². The lowest BCUT2D eigenvalue weighted by atomic mass is 10.3. The molecule has 0 aliphatic heterocycles. The Morgan fingerprint density at radius 2 is 2.14 bits per heavy atom. The van der Waals surface area contributed by atoms with Gasteiger partial charge in [0.05, 0.1) is 5.75 Å². The van der Waals surface area contributed by atoms with E-state index >= 15 is 0 Å². The molecule has 5 nitrogen and oxygen atoms in total. The van der Waals surface area contributed by atoms with E-state index in [9.17, 15) is 8.42 Å². The monoisotopic (exact) mass is 233 g/mol. The van der Waals surface area contributed by atoms with Crippen LogP contribution in [0.1, 0.15) is 13.8 Å². The van der Waals surface area contributed by atoms with Gasteiger partial charge >= 0.3 is 0 Å². The van der Waals surface area contributed by atoms with Crippen LogP contribution in [-0.2, 0) is 9.84 Å². The van der Waals surface area contributed by atoms with Crippen molar-refractivity contribution < 1.29 is 8.42 Å². The zero-order valence-electron chi connectivity index (χ0n) is 7.89. The van der Waals surface area contributed by atoms with Gasteiger partial charge in [0.2, 0.25) is 19.3 Å². The summed E-state index contributed by atoms with van der Waals surface area (Å²) >= 11 is 0.885. The average molecular weight is 233 g/mol. The van der Waals surface area contributed by atoms with Gasteiger partial charge in [0.25, 0.3) is 0 Å². The smallest absolute Gasteiger partial charge is 0.234 e. The maximum absolute atomic E-state index is 11.6. The Bertz CT molecular complexity index is 443. The van der Waals surface area contributed by atoms with Crippen molar-refractivity contribution in [2.75, 3.05) is 11.5 Å². The minimum Gasteiger partial charge on any atom is -0.374 e. The first kappa shape index (κ1) is 11.1. The molecule has 0 saturated heterocycles. The van der Waals surface area contributed by atoms with Gasteiger partial charge in [-0.25, -0.2) is 8.42 Å². The largest absolute Gasteiger partial charge is 0.374 e. The van der Waals surface area contributed by atoms with Gasteiger partial charge < -0.3 is 5.73 Å². The van der Waals surface area contributed by atoms with E-state index in [2.05, 4.69) is 10.2 Å². The Labute approximate surface area is 86.6 Å². The lowest BCUT2D eigenvalue weighted by Gasteiger charge is -1.94. The molecule has 0 spiro atoms. The minimum absolute atomic E-state index is 0.0208. The van der Waals surface area contributed by atoms with Gasteiger partial charge in [0.15, 0.2) is 0 Å². The Hall–Kier alpha value is -0.950. The van der Waals surface area contributed by atoms with Gasteiger partial charge in [-0.15, -0.1) is 10.2 Å². The summed E-state index contributed by atoms with van der Waals surface area (Å²) in [6.45, 7) is 3.67. The zero-order chi connectivity index (χ0) is 10.8. The van der Waals surface area contributed by atoms with Crippen LogP contribution in [0.4, 0.5) is 5.13 Å². The summed E-state index contributed by atoms with van der Waals surface area (Å²) in [5, 5.41) is 7.12. The molecule has 14 heavy (non-hydrogen) atoms. The van der Waals surface area contributed by atoms with Crippen molar-refractivity contribution in [3.8, 4) is 0 Å². The maximum atomic E-state index is 11.6. The van der Waals surface area contributed by atoms with Crippen LogP contribution < -0.4 is 5.73 Å². The summed E-state index contributed by atoms with van der Waals surface area (Å²) in [5.74, 6) is -0.0516. The second-order valence-electron chi connectivity index (χ2n) is 2.97. The number of nitrogens with zero attached hydrogens (tertiary/aromatic N) is 2. The van der Waals surface area contributed by atoms with E-state index in [0.717, 1.165) is 16.9 Å². The summed E-state index contributed by atoms with van der Waals surface area (Å²) in [4.78, 5) is 0. The molecule has 0 amide bonds. The molecule has 1 aromatic rings. The highest BCUT2D eigenvalue weighted by molar-refractivity contribution is 7.93. The molecule has 1 rings (SSSR count). The topological polar surface area (TPSA) is 85.9 Å². The first-order valence-corrected chi connectivity index (χ1v) is 6.34. The molecule has 0 radical (unpaired) electrons. The van der Waals surface area contributed by atoms with Crippen LogP contribution in [0.3, 0.4) is 0 Å². The van der Waals surface area contributed by atoms with E-state index in [1.807, 2.05) is 13.8 Å². The van der Waals surface area contributed by atoms with E-state index in [1.165, 1.54) is 0 Å². The number of sulfone groups is 1. The predicted octanol–water partition coefficient (Wildman–Crippen LogP) is 0.860. The van der Waals surface area contributed by atoms with Crippen LogP contribution in [0.5, 0.6) is 0 Å². The van der Waals surface area contributed by atoms with Gasteiger partial charge in [-0.2, -0.15) is 0 Å². The quantitative estimate of drug-likeness (QED) is 0.782. The molecule has 1 aromatic heterocycles. The minimum atomic E-state index is -3.35. The molecule has 0 atom stereocenters. The summed E-state index contributed by atoms with van der Waals surface area (Å²) in [7, 11) is -3.35. The number of nitrogens with two attached hydrogens (primary N) is 1. The van der Waals surface area contributed by atoms with E-state index < -0.39 is 9.84 Å². The molecular weight excluding hydrogens is 222 g/mol. The number of rotatable bonds is 3. The van der Waals surface area contributed by atoms with Gasteiger partial charge in [0, 0.05) is 0 Å². The van der Waals surface area contributed by atoms with E-state index in [1.54, 1.807) is 6.08 Å². The third-order valence-corrected chi connectivity index (χ3v) is 4.18. The fraction of sp³-hybridized carbons (Fsp3) is 0.429. The third-order valence-electron chi connectivity index (χ3n) is 1.40. The standard InChI is InChI=1S/C7H11N3O2S2/c1-5(2)3-4-14(11,12)7-10-9-6(8)13-7/h3H,4H2,1-2H3,(H2,8,9). The normalized spacial score (nSPS) is 11.3. The van der Waals surface area contributed by atoms with Crippen molar-refractivity contribution in [2.45, 2.75) is 18.2 Å². The Morgan fingerprint density at radius 1 is 1.50 bits per heavy atom. The molecule has 0 aliphatic rings. The summed E-state index contributed by atoms with van der Waals surface area (Å²) in [5.41, 5.74) is 6.25. The van der Waals surface area contributed by atoms with Crippen LogP contribution in [0.25, 0.3) is 0 Å². The molecular formula is C7H11N3O2S2. The van der Waals surface area contributed by atoms with Gasteiger partial charge in [-0.3, -0.25) is 0 Å². The van der Waals surface area contributed by atoms with E-state index in [0.29, 0.717) is 0 Å². The van der Waals surface area contributed by atoms with Crippen molar-refractivity contribution in [3.05, 3.63) is 11.6 Å². The highest BCUT2D eigenvalue weighted by atomic mass is 32.2. The molecule has 0 bridgehead atoms. The highest BCUT2D eigenvalue weighted by Crippen LogP contribution is 2.18. The van der Waals surface area contributed by atoms with Crippen LogP contribution >= 0.6 is 11.3 Å². The van der Waals surface area contributed by atoms with Crippen LogP contribution in [0.15, 0.2) is 16.0 Å². The molecule has 2 N–H and O–H groups in total. The molecule has 1 heterocycles. The van der Waals surface area contributed by atoms with Crippen LogP contribution in [-0.4, -0.2) is 24.4 Å². The maximum Gasteiger partial charge on any atom is 0.234 e. The predicted molar refractivity (Wildman–Crippen MR) is 55.8 cm³/mol. The van der Waals surface area contributed by atoms with E-state index in [-0.39, 0.29) is 15.2 Å². The Morgan fingerprint density at radius 3 is 2.57 bits per heavy atom. The number of nitrogen functional groups attached to an aromatic ring is 1. The van der Waals surface area contributed by atoms with Gasteiger partial charge in [0.1, 0.15) is 0 Å².